The van der Waals surface area contributed by atoms with Crippen LogP contribution in [0, 0.1) is 0 Å². The summed E-state index contributed by atoms with van der Waals surface area (Å²) in [6, 6.07) is 0. The van der Waals surface area contributed by atoms with Crippen LogP contribution in [-0.2, 0) is 0 Å². The molecule has 0 aromatic carbocycles. The number of halogens is 5. The molecule has 0 aromatic heterocycles. The molecule has 7 heavy (non-hydrogen) atoms. The Labute approximate surface area is 79.5 Å². The molecule has 0 heterocycles. The molecule has 0 aliphatic heterocycles. The van der Waals surface area contributed by atoms with Crippen molar-refractivity contribution in [1.29, 1.82) is 0 Å². The summed E-state index contributed by atoms with van der Waals surface area (Å²) in [6.45, 7) is 0. The topological polar surface area (TPSA) is 0 Å². The fourth-order valence-electron chi connectivity index (χ4n) is 0. The van der Waals surface area contributed by atoms with E-state index in [1.54, 1.807) is 0 Å². The van der Waals surface area contributed by atoms with Crippen molar-refractivity contribution in [2.75, 3.05) is 0 Å². The van der Waals surface area contributed by atoms with Gasteiger partial charge in [0.2, 0.25) is 0 Å². The summed E-state index contributed by atoms with van der Waals surface area (Å²) in [6.07, 6.45) is 0. The Hall–Kier alpha value is 1.75. The molecule has 0 aliphatic carbocycles. The van der Waals surface area contributed by atoms with E-state index in [-0.39, 0.29) is 48.9 Å². The standard InChI is InChI=1S/Al.Ba.5FH/h;;5*1H/q+3;+2;;;;;/p-5. The average molecular weight is 259 g/mol. The SMILES string of the molecule is [Ba+2].[F][Al-2]([F])([F])([F])[F]. The van der Waals surface area contributed by atoms with E-state index < -0.39 is 14.3 Å². The number of hydrogen-bond donors (Lipinski definition) is 0. The molecule has 40 valence electrons. The summed E-state index contributed by atoms with van der Waals surface area (Å²) in [5.74, 6) is 0. The van der Waals surface area contributed by atoms with Gasteiger partial charge in [-0.05, 0) is 0 Å². The predicted molar refractivity (Wildman–Crippen MR) is 17.0 cm³/mol. The van der Waals surface area contributed by atoms with Crippen LogP contribution in [0.1, 0.15) is 0 Å². The van der Waals surface area contributed by atoms with Crippen molar-refractivity contribution in [2.24, 2.45) is 0 Å². The molecular weight excluding hydrogens is 259 g/mol. The summed E-state index contributed by atoms with van der Waals surface area (Å²) >= 11 is -8.95. The van der Waals surface area contributed by atoms with Crippen LogP contribution in [0.2, 0.25) is 0 Å². The first kappa shape index (κ1) is 11.5. The summed E-state index contributed by atoms with van der Waals surface area (Å²) < 4.78 is 49.4. The Morgan fingerprint density at radius 1 is 0.714 bits per heavy atom. The van der Waals surface area contributed by atoms with Gasteiger partial charge in [0, 0.05) is 0 Å². The molecule has 0 nitrogen and oxygen atoms in total. The quantitative estimate of drug-likeness (QED) is 0.455. The van der Waals surface area contributed by atoms with Gasteiger partial charge in [-0.1, -0.05) is 0 Å². The third-order valence-corrected chi connectivity index (χ3v) is 0. The Morgan fingerprint density at radius 2 is 0.714 bits per heavy atom. The molecule has 7 heteroatoms. The van der Waals surface area contributed by atoms with E-state index in [0.29, 0.717) is 0 Å². The average Bonchev–Trinajstić information content (AvgIpc) is 0.650. The van der Waals surface area contributed by atoms with Crippen LogP contribution in [0.25, 0.3) is 0 Å². The zero-order chi connectivity index (χ0) is 5.45. The Morgan fingerprint density at radius 3 is 0.714 bits per heavy atom. The van der Waals surface area contributed by atoms with Crippen molar-refractivity contribution in [2.45, 2.75) is 0 Å². The maximum atomic E-state index is 9.88. The second-order valence-corrected chi connectivity index (χ2v) is 2.47. The molecule has 0 radical (unpaired) electrons. The zero-order valence-electron chi connectivity index (χ0n) is 3.17. The van der Waals surface area contributed by atoms with Crippen molar-refractivity contribution in [1.82, 2.24) is 0 Å². The van der Waals surface area contributed by atoms with Gasteiger partial charge >= 0.3 is 80.8 Å². The summed E-state index contributed by atoms with van der Waals surface area (Å²) in [4.78, 5) is 0. The molecule has 0 fully saturated rings. The minimum absolute atomic E-state index is 0. The van der Waals surface area contributed by atoms with Crippen LogP contribution in [0.4, 0.5) is 17.6 Å². The number of hydrogen-bond acceptors (Lipinski definition) is 0. The Kier molecular flexibility index (Phi) is 4.22. The monoisotopic (exact) mass is 260 g/mol. The van der Waals surface area contributed by atoms with E-state index in [9.17, 15) is 17.6 Å². The third kappa shape index (κ3) is 83.5. The van der Waals surface area contributed by atoms with Crippen LogP contribution in [0.15, 0.2) is 0 Å². The van der Waals surface area contributed by atoms with E-state index in [1.807, 2.05) is 0 Å². The van der Waals surface area contributed by atoms with E-state index in [2.05, 4.69) is 0 Å². The van der Waals surface area contributed by atoms with Gasteiger partial charge < -0.3 is 0 Å². The normalized spacial score (nSPS) is 16.4. The molecule has 0 rings (SSSR count). The second kappa shape index (κ2) is 2.56. The van der Waals surface area contributed by atoms with Gasteiger partial charge in [0.1, 0.15) is 0 Å². The maximum absolute atomic E-state index is 9.88. The van der Waals surface area contributed by atoms with Crippen molar-refractivity contribution in [3.63, 3.8) is 0 Å². The molecule has 0 aromatic rings. The molecular formula is AlBaF5. The number of rotatable bonds is 0. The molecule has 0 unspecified atom stereocenters. The predicted octanol–water partition coefficient (Wildman–Crippen LogP) is 1.34. The molecule has 0 atom stereocenters. The van der Waals surface area contributed by atoms with Crippen molar-refractivity contribution in [3.8, 4) is 0 Å². The zero-order valence-corrected chi connectivity index (χ0v) is 8.77. The molecule has 0 amide bonds. The van der Waals surface area contributed by atoms with Gasteiger partial charge in [-0.3, -0.25) is 0 Å². The van der Waals surface area contributed by atoms with Crippen LogP contribution >= 0.6 is 0 Å². The van der Waals surface area contributed by atoms with Gasteiger partial charge in [-0.15, -0.1) is 0 Å². The molecule has 0 aliphatic rings. The molecule has 0 saturated heterocycles. The van der Waals surface area contributed by atoms with Crippen LogP contribution in [-0.4, -0.2) is 63.2 Å². The van der Waals surface area contributed by atoms with Gasteiger partial charge in [-0.2, -0.15) is 0 Å². The van der Waals surface area contributed by atoms with E-state index in [4.69, 9.17) is 0 Å². The van der Waals surface area contributed by atoms with Gasteiger partial charge in [0.25, 0.3) is 0 Å². The fourth-order valence-corrected chi connectivity index (χ4v) is 0. The van der Waals surface area contributed by atoms with E-state index >= 15 is 0 Å². The Bertz CT molecular complexity index is 41.3. The third-order valence-electron chi connectivity index (χ3n) is 0. The Balaban J connectivity index is 0. The molecule has 0 saturated carbocycles. The summed E-state index contributed by atoms with van der Waals surface area (Å²) in [7, 11) is 0. The van der Waals surface area contributed by atoms with E-state index in [0.717, 1.165) is 0 Å². The van der Waals surface area contributed by atoms with Gasteiger partial charge in [0.15, 0.2) is 0 Å². The second-order valence-electron chi connectivity index (χ2n) is 0.825. The van der Waals surface area contributed by atoms with Crippen molar-refractivity contribution < 1.29 is 17.6 Å². The first-order valence-electron chi connectivity index (χ1n) is 1.09. The minimum atomic E-state index is -8.95. The molecule has 0 spiro atoms. The fraction of sp³-hybridized carbons (Fsp3) is 0. The van der Waals surface area contributed by atoms with Crippen LogP contribution in [0.5, 0.6) is 0 Å². The van der Waals surface area contributed by atoms with Crippen molar-refractivity contribution in [3.05, 3.63) is 0 Å². The van der Waals surface area contributed by atoms with Crippen molar-refractivity contribution >= 4 is 63.2 Å². The first-order chi connectivity index (χ1) is 2.24. The summed E-state index contributed by atoms with van der Waals surface area (Å²) in [5, 5.41) is 0. The van der Waals surface area contributed by atoms with E-state index in [1.165, 1.54) is 0 Å². The van der Waals surface area contributed by atoms with Gasteiger partial charge in [0.05, 0.1) is 0 Å². The molecule has 0 bridgehead atoms. The van der Waals surface area contributed by atoms with Crippen LogP contribution < -0.4 is 0 Å². The molecule has 0 N–H and O–H groups in total. The van der Waals surface area contributed by atoms with Gasteiger partial charge in [-0.25, -0.2) is 0 Å². The van der Waals surface area contributed by atoms with Crippen LogP contribution in [0.3, 0.4) is 0 Å². The first-order valence-corrected chi connectivity index (χ1v) is 3.27. The summed E-state index contributed by atoms with van der Waals surface area (Å²) in [5.41, 5.74) is 0.